The van der Waals surface area contributed by atoms with Crippen molar-refractivity contribution in [2.45, 2.75) is 32.1 Å². The molecule has 0 aromatic heterocycles. The lowest BCUT2D eigenvalue weighted by molar-refractivity contribution is 0.590. The van der Waals surface area contributed by atoms with E-state index < -0.39 is 0 Å². The highest BCUT2D eigenvalue weighted by atomic mass is 14.2. The fourth-order valence-electron chi connectivity index (χ4n) is 2.86. The van der Waals surface area contributed by atoms with Crippen LogP contribution in [-0.4, -0.2) is 0 Å². The lowest BCUT2D eigenvalue weighted by atomic mass is 9.86. The molecule has 0 unspecified atom stereocenters. The molecule has 0 heterocycles. The SMILES string of the molecule is CC(C)(C)c1ccc(C#CC(c2ccccc2)c2ccccc2)cc1. The second kappa shape index (κ2) is 7.41. The highest BCUT2D eigenvalue weighted by Gasteiger charge is 2.13. The standard InChI is InChI=1S/C25H24/c1-25(2,3)23-17-14-20(15-18-23)16-19-24(21-10-6-4-7-11-21)22-12-8-5-9-13-22/h4-15,17-18,24H,1-3H3. The van der Waals surface area contributed by atoms with Gasteiger partial charge in [-0.25, -0.2) is 0 Å². The predicted molar refractivity (Wildman–Crippen MR) is 107 cm³/mol. The molecule has 0 N–H and O–H groups in total. The summed E-state index contributed by atoms with van der Waals surface area (Å²) in [5.74, 6) is 6.93. The zero-order chi connectivity index (χ0) is 17.7. The Morgan fingerprint density at radius 3 is 1.56 bits per heavy atom. The highest BCUT2D eigenvalue weighted by Crippen LogP contribution is 2.24. The topological polar surface area (TPSA) is 0 Å². The quantitative estimate of drug-likeness (QED) is 0.495. The van der Waals surface area contributed by atoms with Crippen LogP contribution in [0.25, 0.3) is 0 Å². The lowest BCUT2D eigenvalue weighted by Crippen LogP contribution is -2.10. The van der Waals surface area contributed by atoms with Crippen molar-refractivity contribution in [3.05, 3.63) is 107 Å². The Labute approximate surface area is 151 Å². The van der Waals surface area contributed by atoms with Gasteiger partial charge in [0.1, 0.15) is 0 Å². The summed E-state index contributed by atoms with van der Waals surface area (Å²) in [5, 5.41) is 0. The van der Waals surface area contributed by atoms with Crippen LogP contribution in [0.5, 0.6) is 0 Å². The van der Waals surface area contributed by atoms with Crippen LogP contribution in [0.2, 0.25) is 0 Å². The molecule has 124 valence electrons. The summed E-state index contributed by atoms with van der Waals surface area (Å²) in [6, 6.07) is 29.6. The number of rotatable bonds is 2. The summed E-state index contributed by atoms with van der Waals surface area (Å²) in [5.41, 5.74) is 5.02. The van der Waals surface area contributed by atoms with Crippen LogP contribution in [0, 0.1) is 11.8 Å². The molecule has 0 aliphatic rings. The molecule has 0 saturated carbocycles. The lowest BCUT2D eigenvalue weighted by Gasteiger charge is -2.18. The van der Waals surface area contributed by atoms with Crippen LogP contribution < -0.4 is 0 Å². The summed E-state index contributed by atoms with van der Waals surface area (Å²) >= 11 is 0. The van der Waals surface area contributed by atoms with E-state index in [-0.39, 0.29) is 11.3 Å². The van der Waals surface area contributed by atoms with Crippen molar-refractivity contribution in [2.24, 2.45) is 0 Å². The van der Waals surface area contributed by atoms with Gasteiger partial charge in [0.05, 0.1) is 5.92 Å². The average Bonchev–Trinajstić information content (AvgIpc) is 2.63. The Morgan fingerprint density at radius 2 is 1.12 bits per heavy atom. The first-order valence-electron chi connectivity index (χ1n) is 8.76. The van der Waals surface area contributed by atoms with Crippen LogP contribution in [0.3, 0.4) is 0 Å². The van der Waals surface area contributed by atoms with Gasteiger partial charge in [-0.05, 0) is 34.2 Å². The van der Waals surface area contributed by atoms with E-state index in [1.807, 2.05) is 12.1 Å². The largest absolute Gasteiger partial charge is 0.0848 e. The Bertz CT molecular complexity index is 815. The Balaban J connectivity index is 1.93. The molecular formula is C25H24. The van der Waals surface area contributed by atoms with Crippen molar-refractivity contribution in [3.8, 4) is 11.8 Å². The number of hydrogen-bond acceptors (Lipinski definition) is 0. The molecule has 0 atom stereocenters. The minimum Gasteiger partial charge on any atom is -0.0848 e. The van der Waals surface area contributed by atoms with Gasteiger partial charge in [0.25, 0.3) is 0 Å². The van der Waals surface area contributed by atoms with E-state index in [0.29, 0.717) is 0 Å². The van der Waals surface area contributed by atoms with Gasteiger partial charge in [-0.3, -0.25) is 0 Å². The predicted octanol–water partition coefficient (Wildman–Crippen LogP) is 6.17. The summed E-state index contributed by atoms with van der Waals surface area (Å²) in [6.45, 7) is 6.69. The Morgan fingerprint density at radius 1 is 0.640 bits per heavy atom. The summed E-state index contributed by atoms with van der Waals surface area (Å²) in [4.78, 5) is 0. The molecule has 0 bridgehead atoms. The van der Waals surface area contributed by atoms with Crippen LogP contribution in [-0.2, 0) is 5.41 Å². The summed E-state index contributed by atoms with van der Waals surface area (Å²) in [6.07, 6.45) is 0. The molecule has 3 aromatic carbocycles. The smallest absolute Gasteiger partial charge is 0.0705 e. The van der Waals surface area contributed by atoms with E-state index in [2.05, 4.69) is 105 Å². The Kier molecular flexibility index (Phi) is 5.05. The van der Waals surface area contributed by atoms with Gasteiger partial charge in [-0.2, -0.15) is 0 Å². The molecule has 25 heavy (non-hydrogen) atoms. The first kappa shape index (κ1) is 17.1. The molecule has 0 aliphatic carbocycles. The molecule has 0 spiro atoms. The second-order valence-corrected chi connectivity index (χ2v) is 7.35. The maximum absolute atomic E-state index is 3.48. The number of hydrogen-bond donors (Lipinski definition) is 0. The summed E-state index contributed by atoms with van der Waals surface area (Å²) in [7, 11) is 0. The zero-order valence-corrected chi connectivity index (χ0v) is 15.2. The first-order valence-corrected chi connectivity index (χ1v) is 8.76. The molecule has 0 amide bonds. The molecular weight excluding hydrogens is 300 g/mol. The van der Waals surface area contributed by atoms with E-state index >= 15 is 0 Å². The minimum atomic E-state index is 0.0877. The number of benzene rings is 3. The molecule has 0 radical (unpaired) electrons. The van der Waals surface area contributed by atoms with Crippen molar-refractivity contribution in [3.63, 3.8) is 0 Å². The van der Waals surface area contributed by atoms with Crippen molar-refractivity contribution < 1.29 is 0 Å². The first-order chi connectivity index (χ1) is 12.0. The average molecular weight is 324 g/mol. The van der Waals surface area contributed by atoms with Crippen molar-refractivity contribution in [2.75, 3.05) is 0 Å². The van der Waals surface area contributed by atoms with Crippen LogP contribution >= 0.6 is 0 Å². The highest BCUT2D eigenvalue weighted by molar-refractivity contribution is 5.45. The third-order valence-electron chi connectivity index (χ3n) is 4.38. The fourth-order valence-corrected chi connectivity index (χ4v) is 2.86. The minimum absolute atomic E-state index is 0.0877. The Hall–Kier alpha value is -2.78. The molecule has 0 aliphatic heterocycles. The maximum atomic E-state index is 3.48. The monoisotopic (exact) mass is 324 g/mol. The molecule has 0 heteroatoms. The third kappa shape index (κ3) is 4.40. The van der Waals surface area contributed by atoms with Gasteiger partial charge < -0.3 is 0 Å². The van der Waals surface area contributed by atoms with E-state index in [1.165, 1.54) is 16.7 Å². The van der Waals surface area contributed by atoms with E-state index in [0.717, 1.165) is 5.56 Å². The van der Waals surface area contributed by atoms with Gasteiger partial charge in [-0.15, -0.1) is 0 Å². The van der Waals surface area contributed by atoms with Crippen molar-refractivity contribution in [1.82, 2.24) is 0 Å². The van der Waals surface area contributed by atoms with Gasteiger partial charge in [-0.1, -0.05) is 105 Å². The van der Waals surface area contributed by atoms with Gasteiger partial charge in [0, 0.05) is 5.56 Å². The van der Waals surface area contributed by atoms with Crippen LogP contribution in [0.15, 0.2) is 84.9 Å². The maximum Gasteiger partial charge on any atom is 0.0705 e. The van der Waals surface area contributed by atoms with Crippen molar-refractivity contribution in [1.29, 1.82) is 0 Å². The molecule has 0 nitrogen and oxygen atoms in total. The molecule has 0 saturated heterocycles. The van der Waals surface area contributed by atoms with Crippen LogP contribution in [0.1, 0.15) is 48.9 Å². The normalized spacial score (nSPS) is 11.0. The third-order valence-corrected chi connectivity index (χ3v) is 4.38. The molecule has 3 aromatic rings. The van der Waals surface area contributed by atoms with Gasteiger partial charge in [0.15, 0.2) is 0 Å². The van der Waals surface area contributed by atoms with E-state index in [9.17, 15) is 0 Å². The van der Waals surface area contributed by atoms with E-state index in [4.69, 9.17) is 0 Å². The van der Waals surface area contributed by atoms with Crippen molar-refractivity contribution >= 4 is 0 Å². The van der Waals surface area contributed by atoms with E-state index in [1.54, 1.807) is 0 Å². The zero-order valence-electron chi connectivity index (χ0n) is 15.2. The van der Waals surface area contributed by atoms with Gasteiger partial charge in [0.2, 0.25) is 0 Å². The molecule has 3 rings (SSSR count). The summed E-state index contributed by atoms with van der Waals surface area (Å²) < 4.78 is 0. The second-order valence-electron chi connectivity index (χ2n) is 7.35. The molecule has 0 fully saturated rings. The fraction of sp³-hybridized carbons (Fsp3) is 0.200. The van der Waals surface area contributed by atoms with Crippen LogP contribution in [0.4, 0.5) is 0 Å². The van der Waals surface area contributed by atoms with Gasteiger partial charge >= 0.3 is 0 Å².